The Kier molecular flexibility index (Phi) is 41.8. The highest BCUT2D eigenvalue weighted by molar-refractivity contribution is 5.74. The van der Waals surface area contributed by atoms with Gasteiger partial charge in [-0.3, -0.25) is 19.2 Å². The normalized spacial score (nSPS) is 50.7. The number of carbonyl (C=O) groups excluding carboxylic acids is 4. The summed E-state index contributed by atoms with van der Waals surface area (Å²) in [6, 6.07) is -8.03. The van der Waals surface area contributed by atoms with Crippen LogP contribution >= 0.6 is 0 Å². The van der Waals surface area contributed by atoms with Crippen LogP contribution in [-0.2, 0) is 128 Å². The highest BCUT2D eigenvalue weighted by Gasteiger charge is 2.64. The predicted molar refractivity (Wildman–Crippen MR) is 439 cm³/mol. The monoisotopic (exact) mass is 2090 g/mol. The van der Waals surface area contributed by atoms with E-state index in [1.807, 2.05) is 0 Å². The third-order valence-electron chi connectivity index (χ3n) is 26.6. The number of amides is 4. The van der Waals surface area contributed by atoms with E-state index in [-0.39, 0.29) is 0 Å². The summed E-state index contributed by atoms with van der Waals surface area (Å²) in [6.45, 7) is -5.53. The maximum Gasteiger partial charge on any atom is 0.217 e. The third-order valence-corrected chi connectivity index (χ3v) is 26.6. The summed E-state index contributed by atoms with van der Waals surface area (Å²) in [6.07, 6.45) is -119. The van der Waals surface area contributed by atoms with Gasteiger partial charge in [-0.2, -0.15) is 0 Å². The summed E-state index contributed by atoms with van der Waals surface area (Å²) in [5.41, 5.74) is 0. The van der Waals surface area contributed by atoms with Gasteiger partial charge in [0.15, 0.2) is 75.5 Å². The molecule has 12 aliphatic rings. The largest absolute Gasteiger partial charge is 0.394 e. The minimum atomic E-state index is -2.72. The predicted octanol–water partition coefficient (Wildman–Crippen LogP) is -24.5. The number of aliphatic hydroxyl groups excluding tert-OH is 32. The summed E-state index contributed by atoms with van der Waals surface area (Å²) in [4.78, 5) is 52.5. The Balaban J connectivity index is 0.878. The first-order chi connectivity index (χ1) is 67.6. The summed E-state index contributed by atoms with van der Waals surface area (Å²) >= 11 is 0. The first-order valence-corrected chi connectivity index (χ1v) is 45.9. The van der Waals surface area contributed by atoms with E-state index >= 15 is 0 Å². The molecular formula is C80H134N4O59. The minimum absolute atomic E-state index is 0.859. The van der Waals surface area contributed by atoms with Gasteiger partial charge in [0.25, 0.3) is 0 Å². The molecule has 12 aliphatic heterocycles. The lowest BCUT2D eigenvalue weighted by molar-refractivity contribution is -0.408. The molecule has 63 heteroatoms. The molecule has 0 aliphatic carbocycles. The molecule has 12 saturated heterocycles. The number of carbonyl (C=O) groups is 4. The Hall–Kier alpha value is -4.32. The third kappa shape index (κ3) is 25.8. The van der Waals surface area contributed by atoms with Crippen molar-refractivity contribution in [3.05, 3.63) is 0 Å². The molecule has 0 saturated carbocycles. The summed E-state index contributed by atoms with van der Waals surface area (Å²) in [7, 11) is 0. The molecule has 0 bridgehead atoms. The Morgan fingerprint density at radius 1 is 0.196 bits per heavy atom. The standard InChI is InChI=1S/C80H134N4O59/c1-17-37(97)49(109)55(115)73(123-17)121-16-32-63(45(105)33(69(120)125-32)81-19(3)93)135-70-34(82-20(4)94)46(106)61(29(13-91)131-70)137-77-59(119)64(44(104)31(134-77)15-122-78-66(53(113)41(101)25(9-87)128-78)141-71-35(83-21(5)95)47(107)60(28(12-90)132-71)136-75-57(117)51(111)39(99)23(7-85)126-75)139-79-67(54(114)42(102)26(10-88)129-79)142-72-36(84-22(6)96)48(108)62(30(14-92)133-72)138-80-68(143-74-56(116)50(110)38(98)18(2)124-74)65(43(103)27(11-89)130-80)140-76-58(118)52(112)40(100)24(8-86)127-76/h17-18,23-80,85-92,97-120H,7-16H2,1-6H3,(H,81,93)(H,82,94)(H,83,95)(H,84,96)/t17-,18-,23+,24+,25+,26+,27+,28+,29+,30+,31+,32+,33+,34+,35+,36-,37+,38+,39-,40-,41+,42+,43-,44+,45+,46+,47+,48+,49+,50+,51-,52-,53-,54-,55-,56-,57+,58+,59-,60+,61+,62+,63+,64-,65-,66-,67-,68+,69?,70-,71-,72-,73+,74-,75-,76+,77-,78-,79+,80-/m0/s1. The van der Waals surface area contributed by atoms with Gasteiger partial charge in [0.1, 0.15) is 281 Å². The van der Waals surface area contributed by atoms with Crippen LogP contribution in [0.4, 0.5) is 0 Å². The van der Waals surface area contributed by atoms with Crippen molar-refractivity contribution in [2.24, 2.45) is 0 Å². The fraction of sp³-hybridized carbons (Fsp3) is 0.950. The number of hydrogen-bond donors (Lipinski definition) is 36. The maximum atomic E-state index is 13.5. The molecule has 12 fully saturated rings. The zero-order chi connectivity index (χ0) is 105. The van der Waals surface area contributed by atoms with Gasteiger partial charge in [0.05, 0.1) is 78.3 Å². The Morgan fingerprint density at radius 3 is 0.846 bits per heavy atom. The van der Waals surface area contributed by atoms with Crippen molar-refractivity contribution in [3.8, 4) is 0 Å². The van der Waals surface area contributed by atoms with Crippen molar-refractivity contribution in [1.29, 1.82) is 0 Å². The van der Waals surface area contributed by atoms with Gasteiger partial charge in [-0.25, -0.2) is 0 Å². The van der Waals surface area contributed by atoms with Gasteiger partial charge in [0.2, 0.25) is 23.6 Å². The molecule has 0 aromatic heterocycles. The number of hydrogen-bond acceptors (Lipinski definition) is 59. The van der Waals surface area contributed by atoms with Gasteiger partial charge in [-0.15, -0.1) is 0 Å². The zero-order valence-electron chi connectivity index (χ0n) is 77.0. The van der Waals surface area contributed by atoms with Crippen LogP contribution in [0.1, 0.15) is 41.5 Å². The van der Waals surface area contributed by atoms with Gasteiger partial charge >= 0.3 is 0 Å². The van der Waals surface area contributed by atoms with Crippen LogP contribution in [0.25, 0.3) is 0 Å². The van der Waals surface area contributed by atoms with Crippen molar-refractivity contribution in [3.63, 3.8) is 0 Å². The lowest BCUT2D eigenvalue weighted by atomic mass is 9.93. The van der Waals surface area contributed by atoms with Gasteiger partial charge in [0, 0.05) is 27.7 Å². The molecule has 0 radical (unpaired) electrons. The van der Waals surface area contributed by atoms with E-state index in [0.717, 1.165) is 27.7 Å². The highest BCUT2D eigenvalue weighted by atomic mass is 16.8. The van der Waals surface area contributed by atoms with Crippen molar-refractivity contribution in [1.82, 2.24) is 21.3 Å². The molecule has 12 heterocycles. The van der Waals surface area contributed by atoms with Crippen molar-refractivity contribution in [2.75, 3.05) is 66.1 Å². The molecule has 0 spiro atoms. The Bertz CT molecular complexity index is 3960. The topological polar surface area (TPSA) is 976 Å². The first kappa shape index (κ1) is 117. The van der Waals surface area contributed by atoms with Gasteiger partial charge in [-0.1, -0.05) is 0 Å². The second-order valence-corrected chi connectivity index (χ2v) is 36.6. The van der Waals surface area contributed by atoms with E-state index in [1.165, 1.54) is 13.8 Å². The molecular weight excluding hydrogens is 1960 g/mol. The van der Waals surface area contributed by atoms with Crippen molar-refractivity contribution in [2.45, 2.75) is 410 Å². The van der Waals surface area contributed by atoms with E-state index in [2.05, 4.69) is 21.3 Å². The fourth-order valence-corrected chi connectivity index (χ4v) is 18.7. The van der Waals surface area contributed by atoms with Crippen LogP contribution < -0.4 is 21.3 Å². The van der Waals surface area contributed by atoms with Crippen LogP contribution in [0.3, 0.4) is 0 Å². The average molecular weight is 2100 g/mol. The van der Waals surface area contributed by atoms with Crippen LogP contribution in [0.5, 0.6) is 0 Å². The van der Waals surface area contributed by atoms with Gasteiger partial charge < -0.3 is 294 Å². The first-order valence-electron chi connectivity index (χ1n) is 45.9. The number of ether oxygens (including phenoxy) is 23. The second-order valence-electron chi connectivity index (χ2n) is 36.6. The maximum absolute atomic E-state index is 13.5. The van der Waals surface area contributed by atoms with Crippen LogP contribution in [-0.4, -0.2) is 621 Å². The van der Waals surface area contributed by atoms with E-state index in [4.69, 9.17) is 109 Å². The number of rotatable bonds is 36. The Morgan fingerprint density at radius 2 is 0.441 bits per heavy atom. The molecule has 0 aromatic carbocycles. The zero-order valence-corrected chi connectivity index (χ0v) is 77.0. The molecule has 1 unspecified atom stereocenters. The average Bonchev–Trinajstić information content (AvgIpc) is 0.751. The summed E-state index contributed by atoms with van der Waals surface area (Å²) < 4.78 is 138. The molecule has 63 nitrogen and oxygen atoms in total. The summed E-state index contributed by atoms with van der Waals surface area (Å²) in [5, 5.41) is 371. The quantitative estimate of drug-likeness (QED) is 0.0277. The van der Waals surface area contributed by atoms with Crippen LogP contribution in [0.15, 0.2) is 0 Å². The molecule has 143 heavy (non-hydrogen) atoms. The van der Waals surface area contributed by atoms with Crippen LogP contribution in [0, 0.1) is 0 Å². The van der Waals surface area contributed by atoms with Crippen molar-refractivity contribution < 1.29 is 292 Å². The second kappa shape index (κ2) is 51.0. The van der Waals surface area contributed by atoms with E-state index < -0.39 is 458 Å². The molecule has 60 atom stereocenters. The fourth-order valence-electron chi connectivity index (χ4n) is 18.7. The van der Waals surface area contributed by atoms with E-state index in [1.54, 1.807) is 0 Å². The summed E-state index contributed by atoms with van der Waals surface area (Å²) in [5.74, 6) is -3.96. The molecule has 12 rings (SSSR count). The SMILES string of the molecule is CC(=O)N[C@@H]1[C@H](O[C@@H]2[C@@H](O[C@@H]3[C@H](O)[C@H](O[C@H]4[C@H](O)[C@@H](NC(C)=O)[C@H](O[C@H]5[C@H](O)[C@@H](NC(C)=O)C(O)O[C@@H]5CO[C@@H]5O[C@@H](C)[C@@H](O)[C@@H](O)[C@@H]5O)O[C@@H]4CO)O[C@H](CO[C@H]4O[C@H](CO)[C@@H](O)[C@H](O)[C@@H]4O[C@@H]4O[C@H](CO)[C@@H](O[C@@H]5O[C@H](CO)[C@H](O)[C@H](O)[C@H]5O)[C@H](O)[C@H]4NC(C)=O)[C@H]3O)O[C@H](CO)[C@@H](O)[C@@H]2O)O[C@H](CO)[C@@H](O[C@@H]2O[C@H](CO)[C@H](O)[C@H](O[C@H]3O[C@H](CO)[C@H](O)[C@H](O)[C@H]3O)[C@H]2O[C@@H]2O[C@@H](C)[C@@H](O)[C@@H](O)[C@@H]2O)[C@@H]1O. The lowest BCUT2D eigenvalue weighted by Gasteiger charge is -2.52. The van der Waals surface area contributed by atoms with E-state index in [9.17, 15) is 183 Å². The lowest BCUT2D eigenvalue weighted by Crippen LogP contribution is -2.71. The highest BCUT2D eigenvalue weighted by Crippen LogP contribution is 2.43. The number of nitrogens with one attached hydrogen (secondary N) is 4. The van der Waals surface area contributed by atoms with Crippen LogP contribution in [0.2, 0.25) is 0 Å². The molecule has 4 amide bonds. The van der Waals surface area contributed by atoms with Gasteiger partial charge in [-0.05, 0) is 13.8 Å². The minimum Gasteiger partial charge on any atom is -0.394 e. The van der Waals surface area contributed by atoms with Crippen molar-refractivity contribution >= 4 is 23.6 Å². The molecule has 828 valence electrons. The molecule has 36 N–H and O–H groups in total. The molecule has 0 aromatic rings. The smallest absolute Gasteiger partial charge is 0.217 e. The Labute approximate surface area is 809 Å². The number of aliphatic hydroxyl groups is 32. The van der Waals surface area contributed by atoms with E-state index in [0.29, 0.717) is 0 Å².